The fraction of sp³-hybridized carbons (Fsp3) is 0.650. The highest BCUT2D eigenvalue weighted by atomic mass is 32.2. The SMILES string of the molecule is Cc1nc(-c2cc(S(=O)(=O)N3CCC(C(=O)NCCN4CCOCC4)CC3)c(C)s2)no1. The molecule has 1 amide bonds. The normalized spacial score (nSPS) is 19.3. The van der Waals surface area contributed by atoms with Gasteiger partial charge in [0.2, 0.25) is 27.6 Å². The molecule has 0 spiro atoms. The zero-order valence-corrected chi connectivity index (χ0v) is 20.0. The van der Waals surface area contributed by atoms with Crippen molar-refractivity contribution < 1.29 is 22.5 Å². The summed E-state index contributed by atoms with van der Waals surface area (Å²) in [6.45, 7) is 8.80. The van der Waals surface area contributed by atoms with Crippen molar-refractivity contribution in [1.29, 1.82) is 0 Å². The van der Waals surface area contributed by atoms with E-state index in [0.29, 0.717) is 53.9 Å². The summed E-state index contributed by atoms with van der Waals surface area (Å²) in [4.78, 5) is 20.6. The zero-order chi connectivity index (χ0) is 22.7. The first-order valence-electron chi connectivity index (χ1n) is 10.8. The number of aromatic nitrogens is 2. The minimum absolute atomic E-state index is 0.0109. The van der Waals surface area contributed by atoms with E-state index in [4.69, 9.17) is 9.26 Å². The Morgan fingerprint density at radius 2 is 1.94 bits per heavy atom. The molecule has 0 aliphatic carbocycles. The lowest BCUT2D eigenvalue weighted by Gasteiger charge is -2.31. The van der Waals surface area contributed by atoms with Crippen LogP contribution in [0.3, 0.4) is 0 Å². The van der Waals surface area contributed by atoms with Crippen molar-refractivity contribution in [3.8, 4) is 10.7 Å². The van der Waals surface area contributed by atoms with Crippen LogP contribution >= 0.6 is 11.3 Å². The molecule has 4 heterocycles. The Hall–Kier alpha value is -1.86. The molecule has 176 valence electrons. The summed E-state index contributed by atoms with van der Waals surface area (Å²) in [7, 11) is -3.65. The third-order valence-electron chi connectivity index (χ3n) is 5.89. The van der Waals surface area contributed by atoms with E-state index in [1.165, 1.54) is 15.6 Å². The van der Waals surface area contributed by atoms with Crippen LogP contribution in [-0.2, 0) is 19.6 Å². The second-order valence-electron chi connectivity index (χ2n) is 8.09. The van der Waals surface area contributed by atoms with Gasteiger partial charge in [0.1, 0.15) is 0 Å². The van der Waals surface area contributed by atoms with Crippen LogP contribution in [0.2, 0.25) is 0 Å². The average Bonchev–Trinajstić information content (AvgIpc) is 3.40. The molecular formula is C20H29N5O5S2. The Kier molecular flexibility index (Phi) is 7.25. The lowest BCUT2D eigenvalue weighted by molar-refractivity contribution is -0.126. The molecule has 32 heavy (non-hydrogen) atoms. The maximum atomic E-state index is 13.2. The number of hydrogen-bond donors (Lipinski definition) is 1. The number of morpholine rings is 1. The van der Waals surface area contributed by atoms with Crippen LogP contribution in [0.5, 0.6) is 0 Å². The zero-order valence-electron chi connectivity index (χ0n) is 18.4. The summed E-state index contributed by atoms with van der Waals surface area (Å²) in [6, 6.07) is 1.62. The van der Waals surface area contributed by atoms with Gasteiger partial charge in [0, 0.05) is 57.0 Å². The molecule has 0 unspecified atom stereocenters. The summed E-state index contributed by atoms with van der Waals surface area (Å²) >= 11 is 1.33. The minimum atomic E-state index is -3.65. The Morgan fingerprint density at radius 3 is 2.59 bits per heavy atom. The van der Waals surface area contributed by atoms with E-state index in [2.05, 4.69) is 20.4 Å². The average molecular weight is 484 g/mol. The number of aryl methyl sites for hydroxylation is 2. The monoisotopic (exact) mass is 483 g/mol. The largest absolute Gasteiger partial charge is 0.379 e. The maximum Gasteiger partial charge on any atom is 0.244 e. The first-order chi connectivity index (χ1) is 15.3. The second-order valence-corrected chi connectivity index (χ2v) is 11.3. The number of ether oxygens (including phenoxy) is 1. The summed E-state index contributed by atoms with van der Waals surface area (Å²) in [6.07, 6.45) is 1.03. The Labute approximate surface area is 192 Å². The van der Waals surface area contributed by atoms with Crippen LogP contribution in [-0.4, -0.2) is 86.2 Å². The number of amides is 1. The molecule has 2 aliphatic rings. The van der Waals surface area contributed by atoms with E-state index in [1.807, 2.05) is 0 Å². The molecule has 0 bridgehead atoms. The van der Waals surface area contributed by atoms with Crippen LogP contribution in [0.4, 0.5) is 0 Å². The molecule has 2 fully saturated rings. The predicted octanol–water partition coefficient (Wildman–Crippen LogP) is 1.26. The van der Waals surface area contributed by atoms with E-state index < -0.39 is 10.0 Å². The van der Waals surface area contributed by atoms with Gasteiger partial charge in [-0.05, 0) is 25.8 Å². The first-order valence-corrected chi connectivity index (χ1v) is 13.1. The van der Waals surface area contributed by atoms with Gasteiger partial charge in [-0.15, -0.1) is 11.3 Å². The fourth-order valence-corrected chi connectivity index (χ4v) is 6.99. The topological polar surface area (TPSA) is 118 Å². The number of thiophene rings is 1. The van der Waals surface area contributed by atoms with Gasteiger partial charge >= 0.3 is 0 Å². The number of rotatable bonds is 7. The molecule has 1 N–H and O–H groups in total. The van der Waals surface area contributed by atoms with Crippen molar-refractivity contribution in [2.75, 3.05) is 52.5 Å². The number of carbonyl (C=O) groups is 1. The number of piperidine rings is 1. The van der Waals surface area contributed by atoms with Crippen LogP contribution < -0.4 is 5.32 Å². The standard InChI is InChI=1S/C20H29N5O5S2/c1-14-18(13-17(31-14)19-22-15(2)30-23-19)32(27,28)25-6-3-16(4-7-25)20(26)21-5-8-24-9-11-29-12-10-24/h13,16H,3-12H2,1-2H3,(H,21,26). The summed E-state index contributed by atoms with van der Waals surface area (Å²) < 4.78 is 38.3. The summed E-state index contributed by atoms with van der Waals surface area (Å²) in [5.41, 5.74) is 0. The van der Waals surface area contributed by atoms with Crippen molar-refractivity contribution in [3.05, 3.63) is 16.8 Å². The fourth-order valence-electron chi connectivity index (χ4n) is 4.03. The molecule has 0 saturated carbocycles. The van der Waals surface area contributed by atoms with E-state index in [-0.39, 0.29) is 16.7 Å². The predicted molar refractivity (Wildman–Crippen MR) is 119 cm³/mol. The molecule has 2 aliphatic heterocycles. The molecule has 12 heteroatoms. The number of sulfonamides is 1. The quantitative estimate of drug-likeness (QED) is 0.626. The van der Waals surface area contributed by atoms with Gasteiger partial charge in [-0.1, -0.05) is 5.16 Å². The first kappa shape index (κ1) is 23.3. The molecule has 4 rings (SSSR count). The Morgan fingerprint density at radius 1 is 1.22 bits per heavy atom. The van der Waals surface area contributed by atoms with Gasteiger partial charge in [-0.2, -0.15) is 9.29 Å². The van der Waals surface area contributed by atoms with Crippen molar-refractivity contribution >= 4 is 27.3 Å². The van der Waals surface area contributed by atoms with E-state index in [1.54, 1.807) is 19.9 Å². The maximum absolute atomic E-state index is 13.2. The molecular weight excluding hydrogens is 454 g/mol. The highest BCUT2D eigenvalue weighted by Crippen LogP contribution is 2.34. The minimum Gasteiger partial charge on any atom is -0.379 e. The molecule has 0 atom stereocenters. The molecule has 0 aromatic carbocycles. The lowest BCUT2D eigenvalue weighted by Crippen LogP contribution is -2.45. The van der Waals surface area contributed by atoms with Crippen LogP contribution in [0.15, 0.2) is 15.5 Å². The highest BCUT2D eigenvalue weighted by Gasteiger charge is 2.34. The number of nitrogens with zero attached hydrogens (tertiary/aromatic N) is 4. The highest BCUT2D eigenvalue weighted by molar-refractivity contribution is 7.89. The van der Waals surface area contributed by atoms with E-state index >= 15 is 0 Å². The number of nitrogens with one attached hydrogen (secondary N) is 1. The van der Waals surface area contributed by atoms with Crippen molar-refractivity contribution in [3.63, 3.8) is 0 Å². The summed E-state index contributed by atoms with van der Waals surface area (Å²) in [5.74, 6) is 0.676. The third kappa shape index (κ3) is 5.20. The number of hydrogen-bond acceptors (Lipinski definition) is 9. The second kappa shape index (κ2) is 9.96. The molecule has 2 aromatic rings. The van der Waals surface area contributed by atoms with Crippen molar-refractivity contribution in [2.45, 2.75) is 31.6 Å². The lowest BCUT2D eigenvalue weighted by atomic mass is 9.97. The molecule has 0 radical (unpaired) electrons. The van der Waals surface area contributed by atoms with Gasteiger partial charge in [-0.3, -0.25) is 9.69 Å². The third-order valence-corrected chi connectivity index (χ3v) is 9.09. The van der Waals surface area contributed by atoms with Crippen molar-refractivity contribution in [1.82, 2.24) is 24.7 Å². The van der Waals surface area contributed by atoms with E-state index in [0.717, 1.165) is 32.8 Å². The molecule has 10 nitrogen and oxygen atoms in total. The van der Waals surface area contributed by atoms with Gasteiger partial charge in [0.15, 0.2) is 0 Å². The molecule has 2 aromatic heterocycles. The van der Waals surface area contributed by atoms with Crippen LogP contribution in [0.1, 0.15) is 23.6 Å². The molecule has 2 saturated heterocycles. The van der Waals surface area contributed by atoms with Gasteiger partial charge in [-0.25, -0.2) is 8.42 Å². The Bertz CT molecular complexity index is 1040. The van der Waals surface area contributed by atoms with Crippen LogP contribution in [0, 0.1) is 19.8 Å². The van der Waals surface area contributed by atoms with Crippen LogP contribution in [0.25, 0.3) is 10.7 Å². The number of carbonyl (C=O) groups excluding carboxylic acids is 1. The van der Waals surface area contributed by atoms with Gasteiger partial charge in [0.25, 0.3) is 0 Å². The van der Waals surface area contributed by atoms with E-state index in [9.17, 15) is 13.2 Å². The van der Waals surface area contributed by atoms with Gasteiger partial charge in [0.05, 0.1) is 23.0 Å². The Balaban J connectivity index is 1.31. The van der Waals surface area contributed by atoms with Gasteiger partial charge < -0.3 is 14.6 Å². The van der Waals surface area contributed by atoms with Crippen molar-refractivity contribution in [2.24, 2.45) is 5.92 Å². The smallest absolute Gasteiger partial charge is 0.244 e. The summed E-state index contributed by atoms with van der Waals surface area (Å²) in [5, 5.41) is 6.89.